The Morgan fingerprint density at radius 2 is 1.65 bits per heavy atom. The van der Waals surface area contributed by atoms with Gasteiger partial charge in [-0.25, -0.2) is 0 Å². The lowest BCUT2D eigenvalue weighted by molar-refractivity contribution is 0.196. The molecule has 0 amide bonds. The molecule has 1 nitrogen and oxygen atoms in total. The Hall–Kier alpha value is -0.820. The van der Waals surface area contributed by atoms with Crippen LogP contribution in [0.2, 0.25) is 0 Å². The van der Waals surface area contributed by atoms with Crippen molar-refractivity contribution in [2.75, 3.05) is 0 Å². The maximum Gasteiger partial charge on any atom is 0.0297 e. The van der Waals surface area contributed by atoms with E-state index in [-0.39, 0.29) is 0 Å². The van der Waals surface area contributed by atoms with Crippen molar-refractivity contribution in [1.29, 1.82) is 0 Å². The van der Waals surface area contributed by atoms with E-state index in [1.165, 1.54) is 41.5 Å². The van der Waals surface area contributed by atoms with Gasteiger partial charge in [0.15, 0.2) is 0 Å². The molecular weight excluding hydrogens is 242 g/mol. The Morgan fingerprint density at radius 3 is 2.35 bits per heavy atom. The zero-order valence-corrected chi connectivity index (χ0v) is 14.1. The third kappa shape index (κ3) is 3.25. The first-order valence-electron chi connectivity index (χ1n) is 8.24. The summed E-state index contributed by atoms with van der Waals surface area (Å²) in [7, 11) is 0. The molecule has 4 unspecified atom stereocenters. The van der Waals surface area contributed by atoms with E-state index < -0.39 is 0 Å². The van der Waals surface area contributed by atoms with Crippen LogP contribution in [-0.2, 0) is 0 Å². The van der Waals surface area contributed by atoms with E-state index in [9.17, 15) is 0 Å². The highest BCUT2D eigenvalue weighted by Crippen LogP contribution is 2.31. The van der Waals surface area contributed by atoms with Crippen LogP contribution in [0.15, 0.2) is 12.1 Å². The third-order valence-electron chi connectivity index (χ3n) is 5.52. The largest absolute Gasteiger partial charge is 0.307 e. The van der Waals surface area contributed by atoms with E-state index in [0.717, 1.165) is 11.8 Å². The number of nitrogens with one attached hydrogen (secondary N) is 1. The van der Waals surface area contributed by atoms with E-state index in [1.807, 2.05) is 0 Å². The molecule has 4 atom stereocenters. The number of benzene rings is 1. The monoisotopic (exact) mass is 273 g/mol. The first-order chi connectivity index (χ1) is 9.40. The van der Waals surface area contributed by atoms with Gasteiger partial charge >= 0.3 is 0 Å². The molecule has 1 aliphatic rings. The standard InChI is InChI=1S/C19H31N/c1-12-8-7-9-19(16(12)5)20-17(6)18-11-14(3)13(2)10-15(18)4/h10-12,16-17,19-20H,7-9H2,1-6H3. The average molecular weight is 273 g/mol. The Labute approximate surface area is 125 Å². The van der Waals surface area contributed by atoms with Crippen molar-refractivity contribution in [3.05, 3.63) is 34.4 Å². The van der Waals surface area contributed by atoms with Crippen LogP contribution in [0, 0.1) is 32.6 Å². The van der Waals surface area contributed by atoms with Gasteiger partial charge in [0, 0.05) is 12.1 Å². The van der Waals surface area contributed by atoms with Gasteiger partial charge in [0.25, 0.3) is 0 Å². The SMILES string of the molecule is Cc1cc(C)c(C(C)NC2CCCC(C)C2C)cc1C. The molecule has 1 aromatic rings. The summed E-state index contributed by atoms with van der Waals surface area (Å²) in [6, 6.07) is 5.83. The van der Waals surface area contributed by atoms with Crippen molar-refractivity contribution in [2.45, 2.75) is 72.9 Å². The highest BCUT2D eigenvalue weighted by atomic mass is 15.0. The topological polar surface area (TPSA) is 12.0 Å². The molecule has 1 aromatic carbocycles. The molecule has 0 bridgehead atoms. The van der Waals surface area contributed by atoms with Gasteiger partial charge in [0.1, 0.15) is 0 Å². The summed E-state index contributed by atoms with van der Waals surface area (Å²) in [5.74, 6) is 1.65. The van der Waals surface area contributed by atoms with Crippen molar-refractivity contribution in [2.24, 2.45) is 11.8 Å². The highest BCUT2D eigenvalue weighted by Gasteiger charge is 2.28. The van der Waals surface area contributed by atoms with Crippen LogP contribution in [0.3, 0.4) is 0 Å². The van der Waals surface area contributed by atoms with Crippen molar-refractivity contribution in [3.63, 3.8) is 0 Å². The smallest absolute Gasteiger partial charge is 0.0297 e. The summed E-state index contributed by atoms with van der Waals surface area (Å²) in [6.45, 7) is 13.8. The van der Waals surface area contributed by atoms with Gasteiger partial charge in [0.05, 0.1) is 0 Å². The fourth-order valence-corrected chi connectivity index (χ4v) is 3.68. The molecule has 2 rings (SSSR count). The number of aryl methyl sites for hydroxylation is 3. The minimum atomic E-state index is 0.451. The normalized spacial score (nSPS) is 28.4. The first kappa shape index (κ1) is 15.6. The van der Waals surface area contributed by atoms with Crippen molar-refractivity contribution in [3.8, 4) is 0 Å². The van der Waals surface area contributed by atoms with Crippen LogP contribution in [-0.4, -0.2) is 6.04 Å². The van der Waals surface area contributed by atoms with Gasteiger partial charge in [-0.05, 0) is 68.2 Å². The van der Waals surface area contributed by atoms with Crippen LogP contribution in [0.1, 0.15) is 68.3 Å². The Morgan fingerprint density at radius 1 is 1.00 bits per heavy atom. The molecule has 0 aromatic heterocycles. The Balaban J connectivity index is 2.12. The minimum absolute atomic E-state index is 0.451. The van der Waals surface area contributed by atoms with Crippen LogP contribution in [0.4, 0.5) is 0 Å². The van der Waals surface area contributed by atoms with Gasteiger partial charge in [-0.1, -0.05) is 38.8 Å². The van der Waals surface area contributed by atoms with E-state index in [1.54, 1.807) is 0 Å². The quantitative estimate of drug-likeness (QED) is 0.809. The van der Waals surface area contributed by atoms with Crippen molar-refractivity contribution in [1.82, 2.24) is 5.32 Å². The zero-order chi connectivity index (χ0) is 14.9. The van der Waals surface area contributed by atoms with Gasteiger partial charge in [-0.3, -0.25) is 0 Å². The highest BCUT2D eigenvalue weighted by molar-refractivity contribution is 5.38. The number of hydrogen-bond acceptors (Lipinski definition) is 1. The van der Waals surface area contributed by atoms with Crippen LogP contribution in [0.25, 0.3) is 0 Å². The number of hydrogen-bond donors (Lipinski definition) is 1. The van der Waals surface area contributed by atoms with Crippen molar-refractivity contribution < 1.29 is 0 Å². The molecule has 0 radical (unpaired) electrons. The van der Waals surface area contributed by atoms with Crippen molar-refractivity contribution >= 4 is 0 Å². The lowest BCUT2D eigenvalue weighted by atomic mass is 9.77. The predicted octanol–water partition coefficient (Wildman–Crippen LogP) is 5.09. The summed E-state index contributed by atoms with van der Waals surface area (Å²) in [6.07, 6.45) is 4.11. The van der Waals surface area contributed by atoms with E-state index in [2.05, 4.69) is 59.0 Å². The van der Waals surface area contributed by atoms with Crippen LogP contribution in [0.5, 0.6) is 0 Å². The molecule has 1 fully saturated rings. The molecular formula is C19H31N. The summed E-state index contributed by atoms with van der Waals surface area (Å²) in [4.78, 5) is 0. The summed E-state index contributed by atoms with van der Waals surface area (Å²) in [5, 5.41) is 3.90. The van der Waals surface area contributed by atoms with Gasteiger partial charge in [-0.2, -0.15) is 0 Å². The molecule has 20 heavy (non-hydrogen) atoms. The van der Waals surface area contributed by atoms with E-state index >= 15 is 0 Å². The second kappa shape index (κ2) is 6.30. The van der Waals surface area contributed by atoms with Gasteiger partial charge in [0.2, 0.25) is 0 Å². The molecule has 0 saturated heterocycles. The van der Waals surface area contributed by atoms with Crippen LogP contribution < -0.4 is 5.32 Å². The second-order valence-corrected chi connectivity index (χ2v) is 7.06. The van der Waals surface area contributed by atoms with Gasteiger partial charge in [-0.15, -0.1) is 0 Å². The molecule has 1 heteroatoms. The molecule has 1 N–H and O–H groups in total. The third-order valence-corrected chi connectivity index (χ3v) is 5.52. The predicted molar refractivity (Wildman–Crippen MR) is 88.2 cm³/mol. The molecule has 0 aliphatic heterocycles. The average Bonchev–Trinajstić information content (AvgIpc) is 2.39. The lowest BCUT2D eigenvalue weighted by Gasteiger charge is -2.37. The first-order valence-corrected chi connectivity index (χ1v) is 8.24. The molecule has 1 saturated carbocycles. The fourth-order valence-electron chi connectivity index (χ4n) is 3.68. The zero-order valence-electron chi connectivity index (χ0n) is 14.1. The lowest BCUT2D eigenvalue weighted by Crippen LogP contribution is -2.41. The summed E-state index contributed by atoms with van der Waals surface area (Å²) in [5.41, 5.74) is 5.70. The molecule has 112 valence electrons. The Bertz CT molecular complexity index is 463. The molecule has 0 heterocycles. The second-order valence-electron chi connectivity index (χ2n) is 7.06. The maximum atomic E-state index is 3.90. The maximum absolute atomic E-state index is 3.90. The molecule has 1 aliphatic carbocycles. The van der Waals surface area contributed by atoms with E-state index in [4.69, 9.17) is 0 Å². The minimum Gasteiger partial charge on any atom is -0.307 e. The summed E-state index contributed by atoms with van der Waals surface area (Å²) < 4.78 is 0. The number of rotatable bonds is 3. The fraction of sp³-hybridized carbons (Fsp3) is 0.684. The Kier molecular flexibility index (Phi) is 4.90. The van der Waals surface area contributed by atoms with Gasteiger partial charge < -0.3 is 5.32 Å². The summed E-state index contributed by atoms with van der Waals surface area (Å²) >= 11 is 0. The van der Waals surface area contributed by atoms with E-state index in [0.29, 0.717) is 12.1 Å². The molecule has 0 spiro atoms. The van der Waals surface area contributed by atoms with Crippen LogP contribution >= 0.6 is 0 Å².